The minimum atomic E-state index is -0.467. The quantitative estimate of drug-likeness (QED) is 0.806. The number of primary amides is 1. The molecule has 76 valence electrons. The lowest BCUT2D eigenvalue weighted by Crippen LogP contribution is -2.13. The SMILES string of the molecule is Cc1nc(-c2ccco2)ccc1C(N)=O. The Morgan fingerprint density at radius 1 is 1.40 bits per heavy atom. The Balaban J connectivity index is 2.47. The molecule has 0 aliphatic carbocycles. The Kier molecular flexibility index (Phi) is 2.25. The maximum atomic E-state index is 11.0. The van der Waals surface area contributed by atoms with Crippen molar-refractivity contribution in [1.82, 2.24) is 4.98 Å². The van der Waals surface area contributed by atoms with Crippen molar-refractivity contribution < 1.29 is 9.21 Å². The fourth-order valence-electron chi connectivity index (χ4n) is 1.38. The Hall–Kier alpha value is -2.10. The van der Waals surface area contributed by atoms with Gasteiger partial charge in [0.2, 0.25) is 0 Å². The number of amides is 1. The lowest BCUT2D eigenvalue weighted by Gasteiger charge is -2.02. The van der Waals surface area contributed by atoms with E-state index in [1.807, 2.05) is 6.07 Å². The van der Waals surface area contributed by atoms with Gasteiger partial charge in [-0.2, -0.15) is 0 Å². The van der Waals surface area contributed by atoms with Gasteiger partial charge < -0.3 is 10.2 Å². The lowest BCUT2D eigenvalue weighted by molar-refractivity contribution is 0.0999. The van der Waals surface area contributed by atoms with Crippen LogP contribution in [0.15, 0.2) is 34.9 Å². The highest BCUT2D eigenvalue weighted by Gasteiger charge is 2.08. The molecule has 0 saturated heterocycles. The van der Waals surface area contributed by atoms with Crippen LogP contribution >= 0.6 is 0 Å². The van der Waals surface area contributed by atoms with Gasteiger partial charge in [0.05, 0.1) is 17.5 Å². The van der Waals surface area contributed by atoms with E-state index in [0.29, 0.717) is 22.7 Å². The number of hydrogen-bond acceptors (Lipinski definition) is 3. The third kappa shape index (κ3) is 1.74. The van der Waals surface area contributed by atoms with Gasteiger partial charge in [-0.3, -0.25) is 4.79 Å². The van der Waals surface area contributed by atoms with Gasteiger partial charge in [-0.05, 0) is 31.2 Å². The number of pyridine rings is 1. The van der Waals surface area contributed by atoms with E-state index in [1.54, 1.807) is 31.4 Å². The van der Waals surface area contributed by atoms with Crippen LogP contribution < -0.4 is 5.73 Å². The number of rotatable bonds is 2. The number of aryl methyl sites for hydroxylation is 1. The van der Waals surface area contributed by atoms with Gasteiger partial charge in [0.25, 0.3) is 5.91 Å². The molecule has 4 heteroatoms. The van der Waals surface area contributed by atoms with E-state index >= 15 is 0 Å². The molecule has 2 aromatic rings. The average molecular weight is 202 g/mol. The molecule has 2 rings (SSSR count). The van der Waals surface area contributed by atoms with E-state index in [0.717, 1.165) is 0 Å². The van der Waals surface area contributed by atoms with Crippen molar-refractivity contribution in [2.45, 2.75) is 6.92 Å². The summed E-state index contributed by atoms with van der Waals surface area (Å²) in [7, 11) is 0. The van der Waals surface area contributed by atoms with Gasteiger partial charge in [-0.1, -0.05) is 0 Å². The molecule has 2 N–H and O–H groups in total. The van der Waals surface area contributed by atoms with Gasteiger partial charge in [-0.15, -0.1) is 0 Å². The molecule has 0 aromatic carbocycles. The molecule has 0 bridgehead atoms. The smallest absolute Gasteiger partial charge is 0.250 e. The van der Waals surface area contributed by atoms with Gasteiger partial charge >= 0.3 is 0 Å². The van der Waals surface area contributed by atoms with Crippen molar-refractivity contribution >= 4 is 5.91 Å². The van der Waals surface area contributed by atoms with Crippen molar-refractivity contribution in [3.05, 3.63) is 41.8 Å². The second kappa shape index (κ2) is 3.57. The van der Waals surface area contributed by atoms with Crippen LogP contribution in [-0.4, -0.2) is 10.9 Å². The Morgan fingerprint density at radius 3 is 2.73 bits per heavy atom. The molecule has 4 nitrogen and oxygen atoms in total. The molecule has 0 aliphatic heterocycles. The molecule has 0 radical (unpaired) electrons. The summed E-state index contributed by atoms with van der Waals surface area (Å²) in [4.78, 5) is 15.2. The Bertz CT molecular complexity index is 489. The normalized spacial score (nSPS) is 10.2. The predicted molar refractivity (Wildman–Crippen MR) is 55.2 cm³/mol. The van der Waals surface area contributed by atoms with Crippen LogP contribution in [0.4, 0.5) is 0 Å². The zero-order chi connectivity index (χ0) is 10.8. The molecule has 0 fully saturated rings. The van der Waals surface area contributed by atoms with E-state index in [-0.39, 0.29) is 0 Å². The summed E-state index contributed by atoms with van der Waals surface area (Å²) in [6, 6.07) is 6.97. The van der Waals surface area contributed by atoms with Crippen molar-refractivity contribution in [2.75, 3.05) is 0 Å². The first kappa shape index (κ1) is 9.45. The summed E-state index contributed by atoms with van der Waals surface area (Å²) in [6.07, 6.45) is 1.58. The van der Waals surface area contributed by atoms with Crippen molar-refractivity contribution in [2.24, 2.45) is 5.73 Å². The van der Waals surface area contributed by atoms with E-state index in [4.69, 9.17) is 10.2 Å². The molecule has 1 amide bonds. The summed E-state index contributed by atoms with van der Waals surface area (Å²) in [5, 5.41) is 0. The maximum Gasteiger partial charge on any atom is 0.250 e. The van der Waals surface area contributed by atoms with Gasteiger partial charge in [0.1, 0.15) is 5.69 Å². The second-order valence-corrected chi connectivity index (χ2v) is 3.17. The minimum absolute atomic E-state index is 0.435. The predicted octanol–water partition coefficient (Wildman–Crippen LogP) is 1.75. The van der Waals surface area contributed by atoms with Crippen molar-refractivity contribution in [1.29, 1.82) is 0 Å². The summed E-state index contributed by atoms with van der Waals surface area (Å²) in [5.41, 5.74) is 6.92. The number of nitrogens with zero attached hydrogens (tertiary/aromatic N) is 1. The first-order chi connectivity index (χ1) is 7.18. The highest BCUT2D eigenvalue weighted by atomic mass is 16.3. The third-order valence-electron chi connectivity index (χ3n) is 2.12. The zero-order valence-electron chi connectivity index (χ0n) is 8.23. The number of nitrogens with two attached hydrogens (primary N) is 1. The van der Waals surface area contributed by atoms with Gasteiger partial charge in [-0.25, -0.2) is 4.98 Å². The lowest BCUT2D eigenvalue weighted by atomic mass is 10.1. The number of carbonyl (C=O) groups excluding carboxylic acids is 1. The largest absolute Gasteiger partial charge is 0.463 e. The van der Waals surface area contributed by atoms with E-state index < -0.39 is 5.91 Å². The number of aromatic nitrogens is 1. The highest BCUT2D eigenvalue weighted by molar-refractivity contribution is 5.94. The van der Waals surface area contributed by atoms with Crippen molar-refractivity contribution in [3.63, 3.8) is 0 Å². The fraction of sp³-hybridized carbons (Fsp3) is 0.0909. The summed E-state index contributed by atoms with van der Waals surface area (Å²) in [6.45, 7) is 1.74. The van der Waals surface area contributed by atoms with Crippen LogP contribution in [0.25, 0.3) is 11.5 Å². The molecule has 2 heterocycles. The van der Waals surface area contributed by atoms with E-state index in [2.05, 4.69) is 4.98 Å². The first-order valence-electron chi connectivity index (χ1n) is 4.50. The fourth-order valence-corrected chi connectivity index (χ4v) is 1.38. The van der Waals surface area contributed by atoms with Crippen LogP contribution in [-0.2, 0) is 0 Å². The van der Waals surface area contributed by atoms with Crippen LogP contribution in [0.2, 0.25) is 0 Å². The molecule has 2 aromatic heterocycles. The Labute approximate surface area is 86.7 Å². The summed E-state index contributed by atoms with van der Waals surface area (Å²) < 4.78 is 5.20. The topological polar surface area (TPSA) is 69.1 Å². The van der Waals surface area contributed by atoms with Crippen molar-refractivity contribution in [3.8, 4) is 11.5 Å². The number of furan rings is 1. The minimum Gasteiger partial charge on any atom is -0.463 e. The van der Waals surface area contributed by atoms with E-state index in [1.165, 1.54) is 0 Å². The van der Waals surface area contributed by atoms with Crippen LogP contribution in [0.3, 0.4) is 0 Å². The molecule has 0 atom stereocenters. The monoisotopic (exact) mass is 202 g/mol. The second-order valence-electron chi connectivity index (χ2n) is 3.17. The molecule has 0 saturated carbocycles. The van der Waals surface area contributed by atoms with E-state index in [9.17, 15) is 4.79 Å². The molecule has 15 heavy (non-hydrogen) atoms. The summed E-state index contributed by atoms with van der Waals surface area (Å²) in [5.74, 6) is 0.208. The maximum absolute atomic E-state index is 11.0. The average Bonchev–Trinajstić information content (AvgIpc) is 2.69. The first-order valence-corrected chi connectivity index (χ1v) is 4.50. The van der Waals surface area contributed by atoms with Crippen LogP contribution in [0.5, 0.6) is 0 Å². The standard InChI is InChI=1S/C11H10N2O2/c1-7-8(11(12)14)4-5-9(13-7)10-3-2-6-15-10/h2-6H,1H3,(H2,12,14). The molecular weight excluding hydrogens is 192 g/mol. The highest BCUT2D eigenvalue weighted by Crippen LogP contribution is 2.18. The van der Waals surface area contributed by atoms with Gasteiger partial charge in [0.15, 0.2) is 5.76 Å². The molecule has 0 unspecified atom stereocenters. The van der Waals surface area contributed by atoms with Crippen LogP contribution in [0.1, 0.15) is 16.1 Å². The van der Waals surface area contributed by atoms with Crippen LogP contribution in [0, 0.1) is 6.92 Å². The summed E-state index contributed by atoms with van der Waals surface area (Å²) >= 11 is 0. The third-order valence-corrected chi connectivity index (χ3v) is 2.12. The molecular formula is C11H10N2O2. The molecule has 0 aliphatic rings. The number of hydrogen-bond donors (Lipinski definition) is 1. The van der Waals surface area contributed by atoms with Gasteiger partial charge in [0, 0.05) is 0 Å². The molecule has 0 spiro atoms. The Morgan fingerprint density at radius 2 is 2.20 bits per heavy atom. The number of carbonyl (C=O) groups is 1. The zero-order valence-corrected chi connectivity index (χ0v) is 8.23.